The van der Waals surface area contributed by atoms with Gasteiger partial charge in [0, 0.05) is 37.2 Å². The van der Waals surface area contributed by atoms with E-state index in [1.807, 2.05) is 54.2 Å². The topological polar surface area (TPSA) is 79.3 Å². The molecule has 3 amide bonds. The third kappa shape index (κ3) is 4.17. The second-order valence-electron chi connectivity index (χ2n) is 6.20. The summed E-state index contributed by atoms with van der Waals surface area (Å²) in [7, 11) is 0. The Morgan fingerprint density at radius 1 is 1.28 bits per heavy atom. The highest BCUT2D eigenvalue weighted by Crippen LogP contribution is 2.26. The molecule has 0 spiro atoms. The molecule has 1 saturated heterocycles. The molecule has 0 unspecified atom stereocenters. The SMILES string of the molecule is C[C@H]1C[C@@H](NC(=O)NCCCn2cccn2)C(=O)N1c1ccccc1. The molecular formula is C18H23N5O2. The standard InChI is InChI=1S/C18H23N5O2/c1-14-13-16(17(24)23(14)15-7-3-2-4-8-15)21-18(25)19-9-5-11-22-12-6-10-20-22/h2-4,6-8,10,12,14,16H,5,9,11,13H2,1H3,(H2,19,21,25)/t14-,16+/m0/s1. The van der Waals surface area contributed by atoms with Gasteiger partial charge in [-0.2, -0.15) is 5.10 Å². The van der Waals surface area contributed by atoms with Gasteiger partial charge < -0.3 is 15.5 Å². The van der Waals surface area contributed by atoms with Crippen LogP contribution in [0.2, 0.25) is 0 Å². The number of rotatable bonds is 6. The minimum absolute atomic E-state index is 0.0556. The number of hydrogen-bond acceptors (Lipinski definition) is 3. The van der Waals surface area contributed by atoms with Crippen LogP contribution in [0.5, 0.6) is 0 Å². The van der Waals surface area contributed by atoms with Gasteiger partial charge in [-0.3, -0.25) is 9.48 Å². The van der Waals surface area contributed by atoms with Gasteiger partial charge in [0.15, 0.2) is 0 Å². The Hall–Kier alpha value is -2.83. The number of carbonyl (C=O) groups excluding carboxylic acids is 2. The molecule has 0 saturated carbocycles. The molecule has 2 atom stereocenters. The molecule has 0 bridgehead atoms. The molecule has 1 aromatic carbocycles. The van der Waals surface area contributed by atoms with E-state index < -0.39 is 6.04 Å². The van der Waals surface area contributed by atoms with Crippen LogP contribution in [0.3, 0.4) is 0 Å². The average molecular weight is 341 g/mol. The molecule has 2 heterocycles. The number of nitrogens with zero attached hydrogens (tertiary/aromatic N) is 3. The summed E-state index contributed by atoms with van der Waals surface area (Å²) in [4.78, 5) is 26.4. The van der Waals surface area contributed by atoms with Gasteiger partial charge in [-0.05, 0) is 38.0 Å². The van der Waals surface area contributed by atoms with Crippen molar-refractivity contribution in [3.63, 3.8) is 0 Å². The van der Waals surface area contributed by atoms with Crippen molar-refractivity contribution in [2.45, 2.75) is 38.4 Å². The Morgan fingerprint density at radius 3 is 2.80 bits per heavy atom. The van der Waals surface area contributed by atoms with E-state index in [2.05, 4.69) is 15.7 Å². The smallest absolute Gasteiger partial charge is 0.315 e. The molecular weight excluding hydrogens is 318 g/mol. The van der Waals surface area contributed by atoms with E-state index in [-0.39, 0.29) is 18.0 Å². The highest BCUT2D eigenvalue weighted by Gasteiger charge is 2.38. The highest BCUT2D eigenvalue weighted by atomic mass is 16.2. The first kappa shape index (κ1) is 17.0. The first-order chi connectivity index (χ1) is 12.1. The Labute approximate surface area is 147 Å². The molecule has 3 rings (SSSR count). The molecule has 7 nitrogen and oxygen atoms in total. The fourth-order valence-electron chi connectivity index (χ4n) is 3.11. The minimum atomic E-state index is -0.485. The number of benzene rings is 1. The number of aromatic nitrogens is 2. The van der Waals surface area contributed by atoms with Crippen molar-refractivity contribution in [1.29, 1.82) is 0 Å². The second-order valence-corrected chi connectivity index (χ2v) is 6.20. The molecule has 1 fully saturated rings. The van der Waals surface area contributed by atoms with Crippen LogP contribution in [0, 0.1) is 0 Å². The minimum Gasteiger partial charge on any atom is -0.338 e. The molecule has 0 radical (unpaired) electrons. The van der Waals surface area contributed by atoms with Crippen molar-refractivity contribution in [1.82, 2.24) is 20.4 Å². The zero-order valence-electron chi connectivity index (χ0n) is 14.3. The fraction of sp³-hybridized carbons (Fsp3) is 0.389. The number of para-hydroxylation sites is 1. The van der Waals surface area contributed by atoms with Crippen LogP contribution in [0.25, 0.3) is 0 Å². The first-order valence-electron chi connectivity index (χ1n) is 8.55. The van der Waals surface area contributed by atoms with Crippen LogP contribution < -0.4 is 15.5 Å². The maximum atomic E-state index is 12.6. The summed E-state index contributed by atoms with van der Waals surface area (Å²) in [5, 5.41) is 9.70. The van der Waals surface area contributed by atoms with Crippen molar-refractivity contribution in [2.24, 2.45) is 0 Å². The maximum absolute atomic E-state index is 12.6. The summed E-state index contributed by atoms with van der Waals surface area (Å²) in [6, 6.07) is 10.7. The monoisotopic (exact) mass is 341 g/mol. The zero-order valence-corrected chi connectivity index (χ0v) is 14.3. The van der Waals surface area contributed by atoms with Crippen molar-refractivity contribution >= 4 is 17.6 Å². The van der Waals surface area contributed by atoms with Gasteiger partial charge in [-0.25, -0.2) is 4.79 Å². The molecule has 25 heavy (non-hydrogen) atoms. The van der Waals surface area contributed by atoms with E-state index in [1.165, 1.54) is 0 Å². The van der Waals surface area contributed by atoms with Gasteiger partial charge in [-0.15, -0.1) is 0 Å². The molecule has 0 aliphatic carbocycles. The van der Waals surface area contributed by atoms with Crippen LogP contribution in [0.15, 0.2) is 48.8 Å². The molecule has 2 aromatic rings. The largest absolute Gasteiger partial charge is 0.338 e. The summed E-state index contributed by atoms with van der Waals surface area (Å²) in [6.45, 7) is 3.27. The molecule has 132 valence electrons. The average Bonchev–Trinajstić information content (AvgIpc) is 3.21. The van der Waals surface area contributed by atoms with E-state index in [0.717, 1.165) is 18.7 Å². The predicted molar refractivity (Wildman–Crippen MR) is 95.2 cm³/mol. The Balaban J connectivity index is 1.46. The lowest BCUT2D eigenvalue weighted by atomic mass is 10.2. The fourth-order valence-corrected chi connectivity index (χ4v) is 3.11. The first-order valence-corrected chi connectivity index (χ1v) is 8.55. The summed E-state index contributed by atoms with van der Waals surface area (Å²) in [5.41, 5.74) is 0.865. The van der Waals surface area contributed by atoms with Gasteiger partial charge in [0.25, 0.3) is 0 Å². The van der Waals surface area contributed by atoms with Gasteiger partial charge >= 0.3 is 6.03 Å². The van der Waals surface area contributed by atoms with Crippen LogP contribution in [0.1, 0.15) is 19.8 Å². The normalized spacial score (nSPS) is 19.9. The maximum Gasteiger partial charge on any atom is 0.315 e. The third-order valence-corrected chi connectivity index (χ3v) is 4.30. The predicted octanol–water partition coefficient (Wildman–Crippen LogP) is 1.77. The summed E-state index contributed by atoms with van der Waals surface area (Å²) < 4.78 is 1.82. The quantitative estimate of drug-likeness (QED) is 0.786. The Kier molecular flexibility index (Phi) is 5.33. The zero-order chi connectivity index (χ0) is 17.6. The van der Waals surface area contributed by atoms with E-state index in [4.69, 9.17) is 0 Å². The van der Waals surface area contributed by atoms with Crippen molar-refractivity contribution < 1.29 is 9.59 Å². The number of carbonyl (C=O) groups is 2. The Morgan fingerprint density at radius 2 is 2.08 bits per heavy atom. The lowest BCUT2D eigenvalue weighted by Gasteiger charge is -2.21. The summed E-state index contributed by atoms with van der Waals surface area (Å²) in [6.07, 6.45) is 5.00. The number of nitrogens with one attached hydrogen (secondary N) is 2. The molecule has 1 aliphatic heterocycles. The lowest BCUT2D eigenvalue weighted by molar-refractivity contribution is -0.118. The number of aryl methyl sites for hydroxylation is 1. The van der Waals surface area contributed by atoms with E-state index in [1.54, 1.807) is 11.1 Å². The molecule has 1 aliphatic rings. The van der Waals surface area contributed by atoms with E-state index >= 15 is 0 Å². The van der Waals surface area contributed by atoms with Gasteiger partial charge in [0.1, 0.15) is 6.04 Å². The number of amides is 3. The molecule has 7 heteroatoms. The van der Waals surface area contributed by atoms with Gasteiger partial charge in [0.05, 0.1) is 0 Å². The number of anilines is 1. The number of hydrogen-bond donors (Lipinski definition) is 2. The van der Waals surface area contributed by atoms with Crippen LogP contribution in [-0.4, -0.2) is 40.3 Å². The van der Waals surface area contributed by atoms with Gasteiger partial charge in [0.2, 0.25) is 5.91 Å². The van der Waals surface area contributed by atoms with Crippen LogP contribution in [-0.2, 0) is 11.3 Å². The van der Waals surface area contributed by atoms with Crippen molar-refractivity contribution in [3.05, 3.63) is 48.8 Å². The Bertz CT molecular complexity index is 702. The van der Waals surface area contributed by atoms with E-state index in [0.29, 0.717) is 13.0 Å². The highest BCUT2D eigenvalue weighted by molar-refractivity contribution is 6.01. The van der Waals surface area contributed by atoms with Crippen molar-refractivity contribution in [3.8, 4) is 0 Å². The summed E-state index contributed by atoms with van der Waals surface area (Å²) in [5.74, 6) is -0.0645. The number of urea groups is 1. The molecule has 1 aromatic heterocycles. The van der Waals surface area contributed by atoms with E-state index in [9.17, 15) is 9.59 Å². The van der Waals surface area contributed by atoms with Crippen LogP contribution >= 0.6 is 0 Å². The lowest BCUT2D eigenvalue weighted by Crippen LogP contribution is -2.46. The van der Waals surface area contributed by atoms with Crippen molar-refractivity contribution in [2.75, 3.05) is 11.4 Å². The summed E-state index contributed by atoms with van der Waals surface area (Å²) >= 11 is 0. The molecule has 2 N–H and O–H groups in total. The second kappa shape index (κ2) is 7.83. The third-order valence-electron chi connectivity index (χ3n) is 4.30. The van der Waals surface area contributed by atoms with Gasteiger partial charge in [-0.1, -0.05) is 18.2 Å². The van der Waals surface area contributed by atoms with Crippen LogP contribution in [0.4, 0.5) is 10.5 Å².